The topological polar surface area (TPSA) is 52.1 Å². The second-order valence-corrected chi connectivity index (χ2v) is 4.60. The quantitative estimate of drug-likeness (QED) is 0.779. The van der Waals surface area contributed by atoms with Gasteiger partial charge >= 0.3 is 0 Å². The minimum atomic E-state index is -0.00505. The molecule has 0 unspecified atom stereocenters. The van der Waals surface area contributed by atoms with Crippen LogP contribution in [0.5, 0.6) is 5.75 Å². The van der Waals surface area contributed by atoms with Crippen molar-refractivity contribution in [3.63, 3.8) is 0 Å². The van der Waals surface area contributed by atoms with Crippen molar-refractivity contribution < 1.29 is 9.53 Å². The van der Waals surface area contributed by atoms with E-state index in [9.17, 15) is 4.79 Å². The number of Topliss-reactive ketones (excluding diaryl/α,β-unsaturated/α-hetero) is 1. The standard InChI is InChI=1S/C12H12N2O2S/c1-8-14-9(7-17-8)5-11(15)10-3-4-13-6-12(10)16-2/h3-4,6-7H,5H2,1-2H3. The Labute approximate surface area is 103 Å². The number of nitrogens with zero attached hydrogens (tertiary/aromatic N) is 2. The van der Waals surface area contributed by atoms with Crippen LogP contribution in [0.15, 0.2) is 23.8 Å². The monoisotopic (exact) mass is 248 g/mol. The van der Waals surface area contributed by atoms with Gasteiger partial charge in [-0.25, -0.2) is 4.98 Å². The fourth-order valence-electron chi connectivity index (χ4n) is 1.52. The number of rotatable bonds is 4. The summed E-state index contributed by atoms with van der Waals surface area (Å²) in [5.74, 6) is 0.499. The van der Waals surface area contributed by atoms with Crippen LogP contribution in [0.2, 0.25) is 0 Å². The lowest BCUT2D eigenvalue weighted by molar-refractivity contribution is 0.0989. The first-order chi connectivity index (χ1) is 8.20. The molecule has 0 aliphatic carbocycles. The Bertz CT molecular complexity index is 537. The molecule has 0 radical (unpaired) electrons. The average molecular weight is 248 g/mol. The van der Waals surface area contributed by atoms with E-state index in [1.165, 1.54) is 7.11 Å². The number of ketones is 1. The molecule has 2 aromatic heterocycles. The molecule has 0 N–H and O–H groups in total. The van der Waals surface area contributed by atoms with Crippen LogP contribution in [-0.2, 0) is 6.42 Å². The van der Waals surface area contributed by atoms with E-state index in [2.05, 4.69) is 9.97 Å². The molecule has 17 heavy (non-hydrogen) atoms. The number of hydrogen-bond donors (Lipinski definition) is 0. The molecule has 0 saturated carbocycles. The summed E-state index contributed by atoms with van der Waals surface area (Å²) in [4.78, 5) is 20.3. The van der Waals surface area contributed by atoms with Crippen molar-refractivity contribution in [1.82, 2.24) is 9.97 Å². The van der Waals surface area contributed by atoms with E-state index in [1.54, 1.807) is 29.8 Å². The molecular formula is C12H12N2O2S. The van der Waals surface area contributed by atoms with Crippen LogP contribution in [-0.4, -0.2) is 22.9 Å². The van der Waals surface area contributed by atoms with Gasteiger partial charge in [0.2, 0.25) is 0 Å². The number of carbonyl (C=O) groups is 1. The minimum Gasteiger partial charge on any atom is -0.494 e. The second kappa shape index (κ2) is 5.05. The number of ether oxygens (including phenoxy) is 1. The Morgan fingerprint density at radius 3 is 3.00 bits per heavy atom. The highest BCUT2D eigenvalue weighted by molar-refractivity contribution is 7.09. The van der Waals surface area contributed by atoms with Crippen molar-refractivity contribution in [3.8, 4) is 5.75 Å². The minimum absolute atomic E-state index is 0.00505. The lowest BCUT2D eigenvalue weighted by Gasteiger charge is -2.05. The predicted molar refractivity (Wildman–Crippen MR) is 65.7 cm³/mol. The zero-order valence-electron chi connectivity index (χ0n) is 9.64. The fourth-order valence-corrected chi connectivity index (χ4v) is 2.13. The fraction of sp³-hybridized carbons (Fsp3) is 0.250. The maximum atomic E-state index is 12.1. The SMILES string of the molecule is COc1cnccc1C(=O)Cc1csc(C)n1. The van der Waals surface area contributed by atoms with Gasteiger partial charge in [-0.3, -0.25) is 9.78 Å². The Morgan fingerprint density at radius 2 is 2.35 bits per heavy atom. The van der Waals surface area contributed by atoms with Crippen molar-refractivity contribution >= 4 is 17.1 Å². The summed E-state index contributed by atoms with van der Waals surface area (Å²) < 4.78 is 5.11. The molecule has 0 aliphatic rings. The molecule has 2 aromatic rings. The van der Waals surface area contributed by atoms with Gasteiger partial charge in [0.25, 0.3) is 0 Å². The van der Waals surface area contributed by atoms with Gasteiger partial charge < -0.3 is 4.74 Å². The zero-order chi connectivity index (χ0) is 12.3. The van der Waals surface area contributed by atoms with E-state index in [0.717, 1.165) is 10.7 Å². The summed E-state index contributed by atoms with van der Waals surface area (Å²) in [5.41, 5.74) is 1.35. The van der Waals surface area contributed by atoms with Crippen molar-refractivity contribution in [2.75, 3.05) is 7.11 Å². The van der Waals surface area contributed by atoms with Gasteiger partial charge in [0.1, 0.15) is 5.75 Å². The first-order valence-corrected chi connectivity index (χ1v) is 6.01. The van der Waals surface area contributed by atoms with Crippen molar-refractivity contribution in [3.05, 3.63) is 40.1 Å². The molecule has 88 valence electrons. The largest absolute Gasteiger partial charge is 0.494 e. The molecule has 0 spiro atoms. The Morgan fingerprint density at radius 1 is 1.53 bits per heavy atom. The first kappa shape index (κ1) is 11.7. The van der Waals surface area contributed by atoms with Gasteiger partial charge in [0.15, 0.2) is 5.78 Å². The Balaban J connectivity index is 2.20. The number of hydrogen-bond acceptors (Lipinski definition) is 5. The van der Waals surface area contributed by atoms with E-state index in [1.807, 2.05) is 12.3 Å². The van der Waals surface area contributed by atoms with E-state index in [0.29, 0.717) is 17.7 Å². The number of methoxy groups -OCH3 is 1. The molecule has 0 amide bonds. The van der Waals surface area contributed by atoms with E-state index in [4.69, 9.17) is 4.74 Å². The highest BCUT2D eigenvalue weighted by atomic mass is 32.1. The first-order valence-electron chi connectivity index (χ1n) is 5.13. The number of aryl methyl sites for hydroxylation is 1. The maximum absolute atomic E-state index is 12.1. The van der Waals surface area contributed by atoms with E-state index < -0.39 is 0 Å². The van der Waals surface area contributed by atoms with Crippen LogP contribution in [0, 0.1) is 6.92 Å². The third-order valence-corrected chi connectivity index (χ3v) is 3.14. The van der Waals surface area contributed by atoms with Gasteiger partial charge in [-0.2, -0.15) is 0 Å². The molecule has 0 bridgehead atoms. The highest BCUT2D eigenvalue weighted by Crippen LogP contribution is 2.18. The maximum Gasteiger partial charge on any atom is 0.172 e. The smallest absolute Gasteiger partial charge is 0.172 e. The molecule has 0 atom stereocenters. The third kappa shape index (κ3) is 2.68. The van der Waals surface area contributed by atoms with Crippen LogP contribution < -0.4 is 4.74 Å². The molecule has 5 heteroatoms. The second-order valence-electron chi connectivity index (χ2n) is 3.53. The van der Waals surface area contributed by atoms with Gasteiger partial charge in [0.05, 0.1) is 36.0 Å². The highest BCUT2D eigenvalue weighted by Gasteiger charge is 2.13. The lowest BCUT2D eigenvalue weighted by atomic mass is 10.1. The van der Waals surface area contributed by atoms with Crippen LogP contribution in [0.25, 0.3) is 0 Å². The molecule has 2 heterocycles. The van der Waals surface area contributed by atoms with E-state index in [-0.39, 0.29) is 5.78 Å². The van der Waals surface area contributed by atoms with Crippen molar-refractivity contribution in [1.29, 1.82) is 0 Å². The summed E-state index contributed by atoms with van der Waals surface area (Å²) in [7, 11) is 1.53. The number of carbonyl (C=O) groups excluding carboxylic acids is 1. The lowest BCUT2D eigenvalue weighted by Crippen LogP contribution is -2.06. The van der Waals surface area contributed by atoms with Gasteiger partial charge in [-0.15, -0.1) is 11.3 Å². The number of pyridine rings is 1. The van der Waals surface area contributed by atoms with Gasteiger partial charge in [0, 0.05) is 11.6 Å². The number of thiazole rings is 1. The van der Waals surface area contributed by atoms with Gasteiger partial charge in [-0.05, 0) is 13.0 Å². The van der Waals surface area contributed by atoms with E-state index >= 15 is 0 Å². The summed E-state index contributed by atoms with van der Waals surface area (Å²) in [6.07, 6.45) is 3.42. The van der Waals surface area contributed by atoms with Crippen molar-refractivity contribution in [2.24, 2.45) is 0 Å². The van der Waals surface area contributed by atoms with Crippen LogP contribution in [0.4, 0.5) is 0 Å². The Hall–Kier alpha value is -1.75. The Kier molecular flexibility index (Phi) is 3.49. The van der Waals surface area contributed by atoms with Crippen LogP contribution in [0.3, 0.4) is 0 Å². The molecule has 0 saturated heterocycles. The summed E-state index contributed by atoms with van der Waals surface area (Å²) in [6, 6.07) is 1.67. The zero-order valence-corrected chi connectivity index (χ0v) is 10.5. The van der Waals surface area contributed by atoms with Crippen molar-refractivity contribution in [2.45, 2.75) is 13.3 Å². The van der Waals surface area contributed by atoms with Crippen LogP contribution >= 0.6 is 11.3 Å². The molecule has 4 nitrogen and oxygen atoms in total. The number of aromatic nitrogens is 2. The molecular weight excluding hydrogens is 236 g/mol. The molecule has 0 fully saturated rings. The van der Waals surface area contributed by atoms with Gasteiger partial charge in [-0.1, -0.05) is 0 Å². The summed E-state index contributed by atoms with van der Waals surface area (Å²) >= 11 is 1.54. The third-order valence-electron chi connectivity index (χ3n) is 2.31. The average Bonchev–Trinajstić information content (AvgIpc) is 2.74. The molecule has 2 rings (SSSR count). The summed E-state index contributed by atoms with van der Waals surface area (Å²) in [5, 5.41) is 2.87. The molecule has 0 aromatic carbocycles. The van der Waals surface area contributed by atoms with Crippen LogP contribution in [0.1, 0.15) is 21.1 Å². The normalized spacial score (nSPS) is 10.2. The predicted octanol–water partition coefficient (Wildman–Crippen LogP) is 2.28. The molecule has 0 aliphatic heterocycles. The summed E-state index contributed by atoms with van der Waals surface area (Å²) in [6.45, 7) is 1.92.